The summed E-state index contributed by atoms with van der Waals surface area (Å²) in [7, 11) is -10.7. The number of hydrogen-bond donors (Lipinski definition) is 0. The van der Waals surface area contributed by atoms with Crippen LogP contribution in [0.1, 0.15) is 78.4 Å². The van der Waals surface area contributed by atoms with E-state index in [0.717, 1.165) is 18.1 Å². The Bertz CT molecular complexity index is 1440. The molecule has 0 radical (unpaired) electrons. The topological polar surface area (TPSA) is 6.25 Å². The van der Waals surface area contributed by atoms with Crippen LogP contribution in [0.15, 0.2) is 83.6 Å². The maximum absolute atomic E-state index is 10.7. The summed E-state index contributed by atoms with van der Waals surface area (Å²) < 4.78 is 61.7. The first-order valence-corrected chi connectivity index (χ1v) is 17.0. The molecule has 0 saturated carbocycles. The Hall–Kier alpha value is -2.57. The Morgan fingerprint density at radius 3 is 2.00 bits per heavy atom. The van der Waals surface area contributed by atoms with Gasteiger partial charge in [0, 0.05) is 52.5 Å². The molecule has 2 aromatic rings. The molecule has 0 fully saturated rings. The fourth-order valence-corrected chi connectivity index (χ4v) is 5.89. The van der Waals surface area contributed by atoms with Crippen LogP contribution in [0.25, 0.3) is 0 Å². The molecule has 0 N–H and O–H groups in total. The van der Waals surface area contributed by atoms with Crippen LogP contribution in [-0.4, -0.2) is 23.4 Å². The van der Waals surface area contributed by atoms with Gasteiger partial charge >= 0.3 is 33.0 Å². The van der Waals surface area contributed by atoms with E-state index in [1.807, 2.05) is 0 Å². The van der Waals surface area contributed by atoms with E-state index in [1.54, 1.807) is 0 Å². The average molecular weight is 647 g/mol. The molecule has 2 aliphatic heterocycles. The quantitative estimate of drug-likeness (QED) is 0.114. The van der Waals surface area contributed by atoms with E-state index in [2.05, 4.69) is 124 Å². The molecule has 0 saturated heterocycles. The van der Waals surface area contributed by atoms with Gasteiger partial charge in [0.2, 0.25) is 5.69 Å². The number of unbranched alkanes of at least 4 members (excludes halogenated alkanes) is 2. The van der Waals surface area contributed by atoms with E-state index in [0.29, 0.717) is 0 Å². The number of nitrogens with zero attached hydrogens (tertiary/aromatic N) is 2. The second-order valence-corrected chi connectivity index (χ2v) is 14.4. The van der Waals surface area contributed by atoms with Gasteiger partial charge in [-0.1, -0.05) is 88.5 Å². The number of halogens is 7. The Morgan fingerprint density at radius 1 is 0.837 bits per heavy atom. The number of rotatable bonds is 9. The molecule has 2 aromatic carbocycles. The van der Waals surface area contributed by atoms with Gasteiger partial charge in [-0.05, 0) is 50.1 Å². The van der Waals surface area contributed by atoms with Crippen molar-refractivity contribution in [3.05, 3.63) is 94.7 Å². The summed E-state index contributed by atoms with van der Waals surface area (Å²) >= 11 is 6.83. The Morgan fingerprint density at radius 2 is 1.40 bits per heavy atom. The van der Waals surface area contributed by atoms with Crippen LogP contribution in [0.5, 0.6) is 0 Å². The number of para-hydroxylation sites is 2. The zero-order chi connectivity index (χ0) is 32.3. The standard InChI is InChI=1S/C33H42ClN2.F6P/c1-7-9-23-35-28-17-13-11-15-26(28)32(3,4)30(35)21-19-25(34)20-22-31-33(5,6)27-16-12-14-18-29(27)36(31)24-10-8-2;1-7(2,3,4,5)6/h11-22H,7-10,23-24H2,1-6H3;/q+1;-1. The third-order valence-electron chi connectivity index (χ3n) is 7.87. The minimum atomic E-state index is -10.7. The summed E-state index contributed by atoms with van der Waals surface area (Å²) in [5.41, 5.74) is 7.96. The van der Waals surface area contributed by atoms with Gasteiger partial charge in [0.1, 0.15) is 6.54 Å². The van der Waals surface area contributed by atoms with Crippen LogP contribution in [0.2, 0.25) is 0 Å². The van der Waals surface area contributed by atoms with Gasteiger partial charge in [0.05, 0.1) is 5.41 Å². The van der Waals surface area contributed by atoms with Gasteiger partial charge in [-0.2, -0.15) is 4.58 Å². The Labute approximate surface area is 256 Å². The molecule has 0 spiro atoms. The van der Waals surface area contributed by atoms with Crippen molar-refractivity contribution in [3.63, 3.8) is 0 Å². The first-order valence-electron chi connectivity index (χ1n) is 14.6. The van der Waals surface area contributed by atoms with Crippen LogP contribution in [0, 0.1) is 0 Å². The van der Waals surface area contributed by atoms with Crippen molar-refractivity contribution in [2.75, 3.05) is 18.0 Å². The first kappa shape index (κ1) is 34.9. The van der Waals surface area contributed by atoms with E-state index in [4.69, 9.17) is 11.6 Å². The minimum absolute atomic E-state index is 0.0531. The summed E-state index contributed by atoms with van der Waals surface area (Å²) in [6.45, 7) is 15.8. The molecule has 2 nitrogen and oxygen atoms in total. The van der Waals surface area contributed by atoms with Gasteiger partial charge < -0.3 is 4.90 Å². The average Bonchev–Trinajstić information content (AvgIpc) is 3.25. The van der Waals surface area contributed by atoms with E-state index in [-0.39, 0.29) is 10.8 Å². The molecule has 0 unspecified atom stereocenters. The Kier molecular flexibility index (Phi) is 9.81. The fraction of sp³-hybridized carbons (Fsp3) is 0.424. The van der Waals surface area contributed by atoms with Crippen molar-refractivity contribution in [3.8, 4) is 0 Å². The molecule has 43 heavy (non-hydrogen) atoms. The first-order chi connectivity index (χ1) is 19.7. The van der Waals surface area contributed by atoms with Crippen LogP contribution >= 0.6 is 19.4 Å². The summed E-state index contributed by atoms with van der Waals surface area (Å²) in [4.78, 5) is 2.49. The number of benzene rings is 2. The zero-order valence-corrected chi connectivity index (χ0v) is 27.3. The SMILES string of the molecule is CCCCN1\C(=C/C=C(Cl)/C=C/C2=[N+](CCCC)c3ccccc3C2(C)C)C(C)(C)c2ccccc21.F[P-](F)(F)(F)(F)F. The third kappa shape index (κ3) is 9.21. The molecular formula is C33H42ClF6N2P. The van der Waals surface area contributed by atoms with Gasteiger partial charge in [0.25, 0.3) is 0 Å². The van der Waals surface area contributed by atoms with Crippen molar-refractivity contribution in [1.82, 2.24) is 0 Å². The van der Waals surface area contributed by atoms with Crippen molar-refractivity contribution in [2.24, 2.45) is 0 Å². The monoisotopic (exact) mass is 646 g/mol. The number of hydrogen-bond acceptors (Lipinski definition) is 1. The van der Waals surface area contributed by atoms with Crippen molar-refractivity contribution >= 4 is 36.5 Å². The van der Waals surface area contributed by atoms with E-state index < -0.39 is 7.81 Å². The van der Waals surface area contributed by atoms with Crippen LogP contribution in [0.3, 0.4) is 0 Å². The normalized spacial score (nSPS) is 20.1. The van der Waals surface area contributed by atoms with E-state index in [1.165, 1.54) is 59.6 Å². The molecule has 2 heterocycles. The number of anilines is 1. The van der Waals surface area contributed by atoms with Crippen molar-refractivity contribution in [2.45, 2.75) is 78.1 Å². The summed E-state index contributed by atoms with van der Waals surface area (Å²) in [5.74, 6) is 0. The summed E-state index contributed by atoms with van der Waals surface area (Å²) in [6.07, 6.45) is 13.3. The number of fused-ring (bicyclic) bond motifs is 2. The third-order valence-corrected chi connectivity index (χ3v) is 8.12. The molecule has 4 rings (SSSR count). The molecule has 0 bridgehead atoms. The summed E-state index contributed by atoms with van der Waals surface area (Å²) in [6, 6.07) is 17.6. The summed E-state index contributed by atoms with van der Waals surface area (Å²) in [5, 5.41) is 0.749. The molecule has 10 heteroatoms. The number of allylic oxidation sites excluding steroid dienone is 6. The predicted molar refractivity (Wildman–Crippen MR) is 171 cm³/mol. The van der Waals surface area contributed by atoms with E-state index in [9.17, 15) is 25.2 Å². The predicted octanol–water partition coefficient (Wildman–Crippen LogP) is 12.4. The van der Waals surface area contributed by atoms with E-state index >= 15 is 0 Å². The van der Waals surface area contributed by atoms with Gasteiger partial charge in [-0.15, -0.1) is 0 Å². The molecule has 0 aromatic heterocycles. The molecule has 0 aliphatic carbocycles. The van der Waals surface area contributed by atoms with Gasteiger partial charge in [-0.25, -0.2) is 0 Å². The molecule has 0 amide bonds. The molecule has 238 valence electrons. The van der Waals surface area contributed by atoms with Crippen molar-refractivity contribution in [1.29, 1.82) is 0 Å². The second kappa shape index (κ2) is 12.1. The Balaban J connectivity index is 0.000000646. The fourth-order valence-electron chi connectivity index (χ4n) is 5.77. The van der Waals surface area contributed by atoms with Crippen LogP contribution in [-0.2, 0) is 10.8 Å². The second-order valence-electron chi connectivity index (χ2n) is 12.1. The van der Waals surface area contributed by atoms with Crippen LogP contribution in [0.4, 0.5) is 36.6 Å². The van der Waals surface area contributed by atoms with Crippen LogP contribution < -0.4 is 4.90 Å². The van der Waals surface area contributed by atoms with Gasteiger partial charge in [0.15, 0.2) is 5.71 Å². The van der Waals surface area contributed by atoms with Gasteiger partial charge in [-0.3, -0.25) is 0 Å². The maximum atomic E-state index is 9.87. The molecule has 2 aliphatic rings. The van der Waals surface area contributed by atoms with Crippen molar-refractivity contribution < 1.29 is 29.8 Å². The zero-order valence-electron chi connectivity index (χ0n) is 25.7. The molecule has 0 atom stereocenters. The molecular weight excluding hydrogens is 605 g/mol.